The van der Waals surface area contributed by atoms with Crippen molar-refractivity contribution in [3.8, 4) is 22.9 Å². The van der Waals surface area contributed by atoms with Gasteiger partial charge in [0.15, 0.2) is 11.6 Å². The molecule has 0 saturated heterocycles. The van der Waals surface area contributed by atoms with E-state index in [1.807, 2.05) is 0 Å². The van der Waals surface area contributed by atoms with Gasteiger partial charge < -0.3 is 20.3 Å². The molecule has 4 aromatic rings. The van der Waals surface area contributed by atoms with Crippen LogP contribution in [0.25, 0.3) is 22.9 Å². The molecule has 15 heteroatoms. The van der Waals surface area contributed by atoms with Crippen molar-refractivity contribution in [3.63, 3.8) is 0 Å². The van der Waals surface area contributed by atoms with Crippen LogP contribution in [-0.4, -0.2) is 60.0 Å². The van der Waals surface area contributed by atoms with E-state index in [0.717, 1.165) is 0 Å². The summed E-state index contributed by atoms with van der Waals surface area (Å²) in [7, 11) is 0. The van der Waals surface area contributed by atoms with Gasteiger partial charge in [-0.2, -0.15) is 18.3 Å². The Morgan fingerprint density at radius 3 is 2.54 bits per heavy atom. The first-order chi connectivity index (χ1) is 19.2. The SMILES string of the molecule is CC(=O)C(O)(CNc1nc(-c2cc(-c3ccon3)n(Cc3ccccc3F)n2)nc2c1C(C)(C)C(=O)N2)C(F)(F)F. The van der Waals surface area contributed by atoms with Gasteiger partial charge in [0.1, 0.15) is 35.1 Å². The van der Waals surface area contributed by atoms with E-state index in [1.165, 1.54) is 36.9 Å². The summed E-state index contributed by atoms with van der Waals surface area (Å²) < 4.78 is 61.7. The molecule has 1 aromatic carbocycles. The van der Waals surface area contributed by atoms with Crippen LogP contribution in [0, 0.1) is 5.82 Å². The Balaban J connectivity index is 1.61. The lowest BCUT2D eigenvalue weighted by atomic mass is 9.87. The van der Waals surface area contributed by atoms with Crippen molar-refractivity contribution < 1.29 is 36.8 Å². The Morgan fingerprint density at radius 1 is 1.17 bits per heavy atom. The van der Waals surface area contributed by atoms with Gasteiger partial charge >= 0.3 is 6.18 Å². The van der Waals surface area contributed by atoms with Crippen LogP contribution in [0.4, 0.5) is 29.2 Å². The molecule has 0 saturated carbocycles. The minimum Gasteiger partial charge on any atom is -0.373 e. The van der Waals surface area contributed by atoms with Crippen molar-refractivity contribution in [3.05, 3.63) is 59.6 Å². The van der Waals surface area contributed by atoms with Crippen LogP contribution >= 0.6 is 0 Å². The zero-order chi connectivity index (χ0) is 29.7. The molecule has 3 N–H and O–H groups in total. The fourth-order valence-corrected chi connectivity index (χ4v) is 4.38. The molecule has 0 radical (unpaired) electrons. The fraction of sp³-hybridized carbons (Fsp3) is 0.308. The number of anilines is 2. The van der Waals surface area contributed by atoms with Crippen LogP contribution in [0.3, 0.4) is 0 Å². The Labute approximate surface area is 229 Å². The number of fused-ring (bicyclic) bond motifs is 1. The third kappa shape index (κ3) is 4.81. The van der Waals surface area contributed by atoms with E-state index in [1.54, 1.807) is 24.3 Å². The molecule has 0 spiro atoms. The van der Waals surface area contributed by atoms with E-state index in [-0.39, 0.29) is 35.3 Å². The van der Waals surface area contributed by atoms with Crippen molar-refractivity contribution in [1.82, 2.24) is 24.9 Å². The Kier molecular flexibility index (Phi) is 6.64. The van der Waals surface area contributed by atoms with E-state index < -0.39 is 41.2 Å². The number of Topliss-reactive ketones (excluding diaryl/α,β-unsaturated/α-hetero) is 1. The molecule has 11 nitrogen and oxygen atoms in total. The first kappa shape index (κ1) is 27.9. The first-order valence-electron chi connectivity index (χ1n) is 12.2. The average molecular weight is 574 g/mol. The summed E-state index contributed by atoms with van der Waals surface area (Å²) in [6.45, 7) is 2.37. The number of rotatable bonds is 8. The summed E-state index contributed by atoms with van der Waals surface area (Å²) >= 11 is 0. The first-order valence-corrected chi connectivity index (χ1v) is 12.2. The number of amides is 1. The normalized spacial score (nSPS) is 15.8. The molecular weight excluding hydrogens is 550 g/mol. The predicted octanol–water partition coefficient (Wildman–Crippen LogP) is 3.71. The highest BCUT2D eigenvalue weighted by Crippen LogP contribution is 2.42. The van der Waals surface area contributed by atoms with Gasteiger partial charge in [-0.05, 0) is 32.9 Å². The number of halogens is 4. The molecule has 0 aliphatic carbocycles. The Hall–Kier alpha value is -4.66. The van der Waals surface area contributed by atoms with E-state index in [0.29, 0.717) is 23.9 Å². The lowest BCUT2D eigenvalue weighted by Gasteiger charge is -2.29. The van der Waals surface area contributed by atoms with Gasteiger partial charge in [-0.3, -0.25) is 14.3 Å². The number of hydrogen-bond donors (Lipinski definition) is 3. The van der Waals surface area contributed by atoms with Crippen molar-refractivity contribution in [1.29, 1.82) is 0 Å². The lowest BCUT2D eigenvalue weighted by Crippen LogP contribution is -2.56. The quantitative estimate of drug-likeness (QED) is 0.268. The van der Waals surface area contributed by atoms with E-state index in [9.17, 15) is 32.3 Å². The predicted molar refractivity (Wildman–Crippen MR) is 136 cm³/mol. The van der Waals surface area contributed by atoms with Crippen molar-refractivity contribution >= 4 is 23.3 Å². The molecule has 3 aromatic heterocycles. The second kappa shape index (κ2) is 9.76. The Bertz CT molecular complexity index is 1650. The number of nitrogens with one attached hydrogen (secondary N) is 2. The molecule has 1 aliphatic heterocycles. The molecule has 1 unspecified atom stereocenters. The molecule has 0 fully saturated rings. The number of benzene rings is 1. The molecule has 41 heavy (non-hydrogen) atoms. The molecule has 214 valence electrons. The highest BCUT2D eigenvalue weighted by Gasteiger charge is 2.57. The topological polar surface area (TPSA) is 148 Å². The number of nitrogens with zero attached hydrogens (tertiary/aromatic N) is 5. The molecule has 1 aliphatic rings. The highest BCUT2D eigenvalue weighted by atomic mass is 19.4. The van der Waals surface area contributed by atoms with Crippen molar-refractivity contribution in [2.45, 2.75) is 44.5 Å². The van der Waals surface area contributed by atoms with Crippen LogP contribution in [0.5, 0.6) is 0 Å². The van der Waals surface area contributed by atoms with Gasteiger partial charge in [0.05, 0.1) is 29.8 Å². The van der Waals surface area contributed by atoms with E-state index >= 15 is 0 Å². The summed E-state index contributed by atoms with van der Waals surface area (Å²) in [5.74, 6) is -2.81. The third-order valence-electron chi connectivity index (χ3n) is 6.88. The number of hydrogen-bond acceptors (Lipinski definition) is 9. The van der Waals surface area contributed by atoms with E-state index in [4.69, 9.17) is 4.52 Å². The van der Waals surface area contributed by atoms with Crippen LogP contribution in [0.15, 0.2) is 47.2 Å². The van der Waals surface area contributed by atoms with Gasteiger partial charge in [-0.25, -0.2) is 14.4 Å². The molecular formula is C26H23F4N7O4. The monoisotopic (exact) mass is 573 g/mol. The minimum atomic E-state index is -5.29. The van der Waals surface area contributed by atoms with E-state index in [2.05, 4.69) is 30.9 Å². The lowest BCUT2D eigenvalue weighted by molar-refractivity contribution is -0.244. The Morgan fingerprint density at radius 2 is 1.90 bits per heavy atom. The molecule has 1 atom stereocenters. The zero-order valence-electron chi connectivity index (χ0n) is 21.9. The number of carbonyl (C=O) groups is 2. The van der Waals surface area contributed by atoms with Gasteiger partial charge in [0.25, 0.3) is 0 Å². The van der Waals surface area contributed by atoms with Crippen molar-refractivity contribution in [2.24, 2.45) is 0 Å². The maximum atomic E-state index is 14.4. The maximum absolute atomic E-state index is 14.4. The second-order valence-corrected chi connectivity index (χ2v) is 10.0. The largest absolute Gasteiger partial charge is 0.426 e. The molecule has 4 heterocycles. The van der Waals surface area contributed by atoms with Gasteiger partial charge in [0.2, 0.25) is 11.5 Å². The van der Waals surface area contributed by atoms with Gasteiger partial charge in [0, 0.05) is 11.6 Å². The summed E-state index contributed by atoms with van der Waals surface area (Å²) in [6.07, 6.45) is -3.95. The van der Waals surface area contributed by atoms with Crippen molar-refractivity contribution in [2.75, 3.05) is 17.2 Å². The number of aliphatic hydroxyl groups is 1. The minimum absolute atomic E-state index is 0.0116. The summed E-state index contributed by atoms with van der Waals surface area (Å²) in [5, 5.41) is 23.6. The zero-order valence-corrected chi connectivity index (χ0v) is 21.9. The summed E-state index contributed by atoms with van der Waals surface area (Å²) in [6, 6.07) is 9.15. The maximum Gasteiger partial charge on any atom is 0.426 e. The standard InChI is InChI=1S/C26H23F4N7O4/c1-13(38)25(40,26(28,29)30)12-31-21-19-22(34-23(39)24(19,2)3)33-20(32-21)17-10-18(16-8-9-41-36-16)37(35-17)11-14-6-4-5-7-15(14)27/h4-10,40H,11-12H2,1-3H3,(H2,31,32,33,34,39). The van der Waals surface area contributed by atoms with Gasteiger partial charge in [-0.1, -0.05) is 23.4 Å². The van der Waals surface area contributed by atoms with Crippen LogP contribution < -0.4 is 10.6 Å². The molecule has 5 rings (SSSR count). The highest BCUT2D eigenvalue weighted by molar-refractivity contribution is 6.06. The fourth-order valence-electron chi connectivity index (χ4n) is 4.38. The third-order valence-corrected chi connectivity index (χ3v) is 6.88. The molecule has 0 bridgehead atoms. The smallest absolute Gasteiger partial charge is 0.373 e. The van der Waals surface area contributed by atoms with Gasteiger partial charge in [-0.15, -0.1) is 0 Å². The summed E-state index contributed by atoms with van der Waals surface area (Å²) in [5.41, 5.74) is -3.67. The molecule has 1 amide bonds. The number of carbonyl (C=O) groups excluding carboxylic acids is 2. The number of alkyl halides is 3. The van der Waals surface area contributed by atoms with Crippen LogP contribution in [0.2, 0.25) is 0 Å². The van der Waals surface area contributed by atoms with Crippen LogP contribution in [0.1, 0.15) is 31.9 Å². The summed E-state index contributed by atoms with van der Waals surface area (Å²) in [4.78, 5) is 33.2. The second-order valence-electron chi connectivity index (χ2n) is 10.0. The number of aromatic nitrogens is 5. The average Bonchev–Trinajstić information content (AvgIpc) is 3.62. The number of ketones is 1. The van der Waals surface area contributed by atoms with Crippen LogP contribution in [-0.2, 0) is 21.5 Å².